The van der Waals surface area contributed by atoms with E-state index in [4.69, 9.17) is 0 Å². The standard InChI is InChI=1S/C41H32S/c1-25-13-15-27(16-14-25)28-17-19-29(20-18-28)38-31-9-5-7-11-33(31)39(34-12-8-6-10-32(34)38)30-21-22-35-36(24-30)41(3,4)37-23-26(2)42-40(35)37/h5-24H,1-4H3. The van der Waals surface area contributed by atoms with Gasteiger partial charge in [-0.2, -0.15) is 0 Å². The minimum atomic E-state index is -0.00379. The minimum Gasteiger partial charge on any atom is -0.140 e. The Balaban J connectivity index is 1.34. The summed E-state index contributed by atoms with van der Waals surface area (Å²) in [6.45, 7) is 9.13. The van der Waals surface area contributed by atoms with Crippen molar-refractivity contribution in [1.82, 2.24) is 0 Å². The molecule has 0 fully saturated rings. The third-order valence-electron chi connectivity index (χ3n) is 9.24. The maximum Gasteiger partial charge on any atom is 0.0389 e. The Kier molecular flexibility index (Phi) is 5.58. The molecule has 0 saturated carbocycles. The summed E-state index contributed by atoms with van der Waals surface area (Å²) in [6, 6.07) is 45.4. The monoisotopic (exact) mass is 556 g/mol. The molecule has 0 atom stereocenters. The van der Waals surface area contributed by atoms with Crippen LogP contribution in [0.5, 0.6) is 0 Å². The van der Waals surface area contributed by atoms with Crippen molar-refractivity contribution in [2.45, 2.75) is 33.1 Å². The van der Waals surface area contributed by atoms with Crippen LogP contribution in [0.3, 0.4) is 0 Å². The molecule has 1 heterocycles. The van der Waals surface area contributed by atoms with Gasteiger partial charge in [0, 0.05) is 15.2 Å². The molecule has 202 valence electrons. The van der Waals surface area contributed by atoms with Gasteiger partial charge in [0.1, 0.15) is 0 Å². The molecule has 1 heteroatoms. The summed E-state index contributed by atoms with van der Waals surface area (Å²) in [5.74, 6) is 0. The Bertz CT molecular complexity index is 2100. The maximum absolute atomic E-state index is 2.47. The first kappa shape index (κ1) is 25.3. The van der Waals surface area contributed by atoms with Gasteiger partial charge >= 0.3 is 0 Å². The van der Waals surface area contributed by atoms with E-state index in [0.29, 0.717) is 0 Å². The highest BCUT2D eigenvalue weighted by atomic mass is 32.1. The summed E-state index contributed by atoms with van der Waals surface area (Å²) in [5, 5.41) is 5.19. The average Bonchev–Trinajstić information content (AvgIpc) is 3.50. The van der Waals surface area contributed by atoms with E-state index in [2.05, 4.69) is 149 Å². The smallest absolute Gasteiger partial charge is 0.0389 e. The molecule has 0 N–H and O–H groups in total. The number of rotatable bonds is 3. The van der Waals surface area contributed by atoms with Gasteiger partial charge < -0.3 is 0 Å². The Hall–Kier alpha value is -4.46. The van der Waals surface area contributed by atoms with Crippen LogP contribution < -0.4 is 0 Å². The maximum atomic E-state index is 2.47. The zero-order valence-corrected chi connectivity index (χ0v) is 25.3. The zero-order chi connectivity index (χ0) is 28.6. The van der Waals surface area contributed by atoms with Gasteiger partial charge in [-0.3, -0.25) is 0 Å². The summed E-state index contributed by atoms with van der Waals surface area (Å²) in [6.07, 6.45) is 0. The molecule has 7 aromatic rings. The van der Waals surface area contributed by atoms with E-state index < -0.39 is 0 Å². The van der Waals surface area contributed by atoms with Crippen molar-refractivity contribution in [2.75, 3.05) is 0 Å². The van der Waals surface area contributed by atoms with Crippen molar-refractivity contribution in [2.24, 2.45) is 0 Å². The van der Waals surface area contributed by atoms with E-state index in [9.17, 15) is 0 Å². The normalized spacial score (nSPS) is 13.4. The van der Waals surface area contributed by atoms with Crippen LogP contribution in [-0.4, -0.2) is 0 Å². The van der Waals surface area contributed by atoms with E-state index in [-0.39, 0.29) is 5.41 Å². The number of hydrogen-bond donors (Lipinski definition) is 0. The van der Waals surface area contributed by atoms with E-state index >= 15 is 0 Å². The lowest BCUT2D eigenvalue weighted by Crippen LogP contribution is -2.14. The third kappa shape index (κ3) is 3.74. The van der Waals surface area contributed by atoms with Gasteiger partial charge in [0.25, 0.3) is 0 Å². The molecule has 1 aliphatic carbocycles. The first-order valence-electron chi connectivity index (χ1n) is 14.8. The SMILES string of the molecule is Cc1ccc(-c2ccc(-c3c4ccccc4c(-c4ccc5c(c4)C(C)(C)c4cc(C)sc4-5)c4ccccc34)cc2)cc1. The molecule has 8 rings (SSSR count). The number of hydrogen-bond acceptors (Lipinski definition) is 1. The molecule has 1 aromatic heterocycles. The summed E-state index contributed by atoms with van der Waals surface area (Å²) < 4.78 is 0. The van der Waals surface area contributed by atoms with Crippen LogP contribution in [0.25, 0.3) is 65.4 Å². The Morgan fingerprint density at radius 1 is 0.476 bits per heavy atom. The first-order chi connectivity index (χ1) is 20.4. The number of fused-ring (bicyclic) bond motifs is 5. The molecular formula is C41H32S. The van der Waals surface area contributed by atoms with Gasteiger partial charge in [0.2, 0.25) is 0 Å². The lowest BCUT2D eigenvalue weighted by molar-refractivity contribution is 0.661. The molecule has 0 nitrogen and oxygen atoms in total. The largest absolute Gasteiger partial charge is 0.140 e. The average molecular weight is 557 g/mol. The van der Waals surface area contributed by atoms with E-state index in [1.165, 1.54) is 86.9 Å². The summed E-state index contributed by atoms with van der Waals surface area (Å²) in [5.41, 5.74) is 13.3. The summed E-state index contributed by atoms with van der Waals surface area (Å²) in [7, 11) is 0. The van der Waals surface area contributed by atoms with Crippen LogP contribution in [-0.2, 0) is 5.41 Å². The topological polar surface area (TPSA) is 0 Å². The lowest BCUT2D eigenvalue weighted by atomic mass is 9.80. The van der Waals surface area contributed by atoms with Crippen LogP contribution >= 0.6 is 11.3 Å². The molecule has 0 saturated heterocycles. The predicted octanol–water partition coefficient (Wildman–Crippen LogP) is 12.0. The van der Waals surface area contributed by atoms with Crippen LogP contribution in [0.1, 0.15) is 35.4 Å². The second kappa shape index (κ2) is 9.28. The fourth-order valence-corrected chi connectivity index (χ4v) is 8.28. The van der Waals surface area contributed by atoms with Crippen LogP contribution in [0.2, 0.25) is 0 Å². The van der Waals surface area contributed by atoms with Gasteiger partial charge in [0.15, 0.2) is 0 Å². The van der Waals surface area contributed by atoms with E-state index in [1.807, 2.05) is 11.3 Å². The molecule has 0 bridgehead atoms. The second-order valence-corrected chi connectivity index (χ2v) is 13.5. The fraction of sp³-hybridized carbons (Fsp3) is 0.122. The van der Waals surface area contributed by atoms with Crippen LogP contribution in [0.15, 0.2) is 121 Å². The summed E-state index contributed by atoms with van der Waals surface area (Å²) >= 11 is 1.93. The van der Waals surface area contributed by atoms with E-state index in [1.54, 1.807) is 0 Å². The molecule has 0 radical (unpaired) electrons. The van der Waals surface area contributed by atoms with Crippen LogP contribution in [0, 0.1) is 13.8 Å². The minimum absolute atomic E-state index is 0.00379. The van der Waals surface area contributed by atoms with Crippen molar-refractivity contribution < 1.29 is 0 Å². The van der Waals surface area contributed by atoms with Crippen molar-refractivity contribution in [3.8, 4) is 43.8 Å². The lowest BCUT2D eigenvalue weighted by Gasteiger charge is -2.22. The molecule has 0 unspecified atom stereocenters. The van der Waals surface area contributed by atoms with Gasteiger partial charge in [-0.1, -0.05) is 129 Å². The molecule has 42 heavy (non-hydrogen) atoms. The zero-order valence-electron chi connectivity index (χ0n) is 24.5. The van der Waals surface area contributed by atoms with Gasteiger partial charge in [-0.05, 0) is 97.6 Å². The predicted molar refractivity (Wildman–Crippen MR) is 183 cm³/mol. The van der Waals surface area contributed by atoms with Crippen molar-refractivity contribution >= 4 is 32.9 Å². The fourth-order valence-electron chi connectivity index (χ4n) is 7.06. The Morgan fingerprint density at radius 3 is 1.52 bits per heavy atom. The Morgan fingerprint density at radius 2 is 0.952 bits per heavy atom. The van der Waals surface area contributed by atoms with Crippen LogP contribution in [0.4, 0.5) is 0 Å². The van der Waals surface area contributed by atoms with Gasteiger partial charge in [-0.25, -0.2) is 0 Å². The van der Waals surface area contributed by atoms with Gasteiger partial charge in [0.05, 0.1) is 0 Å². The number of aryl methyl sites for hydroxylation is 2. The second-order valence-electron chi connectivity index (χ2n) is 12.3. The quantitative estimate of drug-likeness (QED) is 0.190. The van der Waals surface area contributed by atoms with Crippen molar-refractivity contribution in [1.29, 1.82) is 0 Å². The Labute approximate surface area is 251 Å². The van der Waals surface area contributed by atoms with E-state index in [0.717, 1.165) is 0 Å². The highest BCUT2D eigenvalue weighted by molar-refractivity contribution is 7.15. The highest BCUT2D eigenvalue weighted by Crippen LogP contribution is 2.54. The van der Waals surface area contributed by atoms with Gasteiger partial charge in [-0.15, -0.1) is 11.3 Å². The first-order valence-corrected chi connectivity index (χ1v) is 15.6. The number of benzene rings is 6. The molecule has 0 aliphatic heterocycles. The summed E-state index contributed by atoms with van der Waals surface area (Å²) in [4.78, 5) is 2.83. The molecule has 6 aromatic carbocycles. The number of thiophene rings is 1. The molecule has 1 aliphatic rings. The third-order valence-corrected chi connectivity index (χ3v) is 10.3. The van der Waals surface area contributed by atoms with Crippen molar-refractivity contribution in [3.05, 3.63) is 143 Å². The molecular weight excluding hydrogens is 525 g/mol. The molecule has 0 amide bonds. The molecule has 0 spiro atoms. The highest BCUT2D eigenvalue weighted by Gasteiger charge is 2.37. The van der Waals surface area contributed by atoms with Crippen molar-refractivity contribution in [3.63, 3.8) is 0 Å².